The second-order valence-electron chi connectivity index (χ2n) is 6.41. The fourth-order valence-corrected chi connectivity index (χ4v) is 5.18. The lowest BCUT2D eigenvalue weighted by molar-refractivity contribution is -0.119. The third-order valence-electron chi connectivity index (χ3n) is 4.19. The van der Waals surface area contributed by atoms with Crippen LogP contribution in [-0.2, 0) is 21.4 Å². The fourth-order valence-electron chi connectivity index (χ4n) is 2.83. The predicted octanol–water partition coefficient (Wildman–Crippen LogP) is 3.50. The highest BCUT2D eigenvalue weighted by molar-refractivity contribution is 7.94. The van der Waals surface area contributed by atoms with Gasteiger partial charge in [-0.2, -0.15) is 0 Å². The van der Waals surface area contributed by atoms with Gasteiger partial charge in [-0.1, -0.05) is 18.2 Å². The van der Waals surface area contributed by atoms with E-state index < -0.39 is 10.0 Å². The fraction of sp³-hybridized carbons (Fsp3) is 0.100. The number of thiophene rings is 1. The molecule has 0 fully saturated rings. The zero-order valence-corrected chi connectivity index (χ0v) is 17.1. The summed E-state index contributed by atoms with van der Waals surface area (Å²) >= 11 is 1.12. The number of carbonyl (C=O) groups excluding carboxylic acids is 1. The molecule has 1 aromatic carbocycles. The molecule has 0 unspecified atom stereocenters. The Labute approximate surface area is 172 Å². The lowest BCUT2D eigenvalue weighted by Crippen LogP contribution is -2.18. The summed E-state index contributed by atoms with van der Waals surface area (Å²) in [6, 6.07) is 16.1. The highest BCUT2D eigenvalue weighted by Crippen LogP contribution is 2.27. The minimum atomic E-state index is -3.72. The van der Waals surface area contributed by atoms with E-state index in [1.807, 2.05) is 41.1 Å². The van der Waals surface area contributed by atoms with E-state index in [9.17, 15) is 13.2 Å². The van der Waals surface area contributed by atoms with Crippen molar-refractivity contribution in [2.45, 2.75) is 17.7 Å². The molecule has 0 radical (unpaired) electrons. The molecular weight excluding hydrogens is 408 g/mol. The second kappa shape index (κ2) is 7.69. The van der Waals surface area contributed by atoms with Gasteiger partial charge in [0.2, 0.25) is 5.91 Å². The number of benzene rings is 1. The van der Waals surface area contributed by atoms with Gasteiger partial charge in [0.25, 0.3) is 10.0 Å². The van der Waals surface area contributed by atoms with Crippen molar-refractivity contribution in [1.29, 1.82) is 0 Å². The first-order chi connectivity index (χ1) is 13.9. The molecule has 1 amide bonds. The number of pyridine rings is 1. The topological polar surface area (TPSA) is 92.6 Å². The number of hydrogen-bond donors (Lipinski definition) is 2. The van der Waals surface area contributed by atoms with Crippen LogP contribution >= 0.6 is 11.3 Å². The number of anilines is 1. The first-order valence-corrected chi connectivity index (χ1v) is 11.1. The van der Waals surface area contributed by atoms with Gasteiger partial charge in [0, 0.05) is 35.4 Å². The average molecular weight is 427 g/mol. The number of aromatic nitrogens is 2. The quantitative estimate of drug-likeness (QED) is 0.494. The molecule has 0 atom stereocenters. The summed E-state index contributed by atoms with van der Waals surface area (Å²) in [7, 11) is -3.72. The summed E-state index contributed by atoms with van der Waals surface area (Å²) in [6.07, 6.45) is 3.81. The Balaban J connectivity index is 1.56. The van der Waals surface area contributed by atoms with Crippen molar-refractivity contribution >= 4 is 38.6 Å². The molecule has 4 rings (SSSR count). The molecule has 0 aliphatic carbocycles. The number of rotatable bonds is 6. The third-order valence-corrected chi connectivity index (χ3v) is 7.15. The highest BCUT2D eigenvalue weighted by Gasteiger charge is 2.17. The molecule has 3 heterocycles. The zero-order chi connectivity index (χ0) is 20.4. The molecule has 4 aromatic rings. The molecule has 0 aliphatic heterocycles. The number of amides is 1. The molecule has 0 saturated heterocycles. The van der Waals surface area contributed by atoms with Crippen LogP contribution in [-0.4, -0.2) is 23.7 Å². The van der Waals surface area contributed by atoms with Gasteiger partial charge in [0.1, 0.15) is 9.86 Å². The Morgan fingerprint density at radius 1 is 1.14 bits per heavy atom. The van der Waals surface area contributed by atoms with Crippen molar-refractivity contribution in [1.82, 2.24) is 14.7 Å². The van der Waals surface area contributed by atoms with Crippen LogP contribution in [0.5, 0.6) is 0 Å². The number of hydrogen-bond acceptors (Lipinski definition) is 5. The highest BCUT2D eigenvalue weighted by atomic mass is 32.2. The Morgan fingerprint density at radius 3 is 2.79 bits per heavy atom. The van der Waals surface area contributed by atoms with Crippen LogP contribution < -0.4 is 10.0 Å². The van der Waals surface area contributed by atoms with E-state index >= 15 is 0 Å². The van der Waals surface area contributed by atoms with Gasteiger partial charge >= 0.3 is 0 Å². The number of nitrogens with zero attached hydrogens (tertiary/aromatic N) is 2. The van der Waals surface area contributed by atoms with E-state index in [0.29, 0.717) is 12.2 Å². The van der Waals surface area contributed by atoms with Gasteiger partial charge < -0.3 is 9.72 Å². The largest absolute Gasteiger partial charge is 0.351 e. The van der Waals surface area contributed by atoms with Crippen LogP contribution in [0.2, 0.25) is 0 Å². The first-order valence-electron chi connectivity index (χ1n) is 8.81. The maximum absolute atomic E-state index is 12.7. The summed E-state index contributed by atoms with van der Waals surface area (Å²) in [5.74, 6) is -0.162. The summed E-state index contributed by atoms with van der Waals surface area (Å²) in [5, 5.41) is 2.66. The monoisotopic (exact) mass is 426 g/mol. The normalized spacial score (nSPS) is 11.5. The van der Waals surface area contributed by atoms with E-state index in [4.69, 9.17) is 0 Å². The Morgan fingerprint density at radius 2 is 2.00 bits per heavy atom. The number of carbonyl (C=O) groups is 1. The molecule has 2 N–H and O–H groups in total. The van der Waals surface area contributed by atoms with E-state index in [1.165, 1.54) is 13.0 Å². The molecule has 0 spiro atoms. The molecule has 0 bridgehead atoms. The summed E-state index contributed by atoms with van der Waals surface area (Å²) < 4.78 is 30.2. The van der Waals surface area contributed by atoms with Crippen LogP contribution in [0.1, 0.15) is 11.8 Å². The van der Waals surface area contributed by atoms with E-state index in [0.717, 1.165) is 33.1 Å². The third kappa shape index (κ3) is 4.30. The Hall–Kier alpha value is -3.17. The van der Waals surface area contributed by atoms with Crippen LogP contribution in [0.15, 0.2) is 71.2 Å². The lowest BCUT2D eigenvalue weighted by atomic mass is 10.1. The smallest absolute Gasteiger partial charge is 0.271 e. The molecule has 0 aliphatic rings. The van der Waals surface area contributed by atoms with Gasteiger partial charge in [-0.3, -0.25) is 9.52 Å². The van der Waals surface area contributed by atoms with Crippen molar-refractivity contribution in [2.24, 2.45) is 0 Å². The van der Waals surface area contributed by atoms with Gasteiger partial charge in [0.15, 0.2) is 0 Å². The van der Waals surface area contributed by atoms with Crippen molar-refractivity contribution < 1.29 is 13.2 Å². The number of fused-ring (bicyclic) bond motifs is 1. The predicted molar refractivity (Wildman–Crippen MR) is 113 cm³/mol. The van der Waals surface area contributed by atoms with Crippen molar-refractivity contribution in [3.63, 3.8) is 0 Å². The van der Waals surface area contributed by atoms with E-state index in [-0.39, 0.29) is 10.1 Å². The summed E-state index contributed by atoms with van der Waals surface area (Å²) in [6.45, 7) is 1.72. The van der Waals surface area contributed by atoms with Gasteiger partial charge in [0.05, 0.1) is 12.2 Å². The summed E-state index contributed by atoms with van der Waals surface area (Å²) in [4.78, 5) is 16.4. The van der Waals surface area contributed by atoms with Crippen LogP contribution in [0, 0.1) is 0 Å². The zero-order valence-electron chi connectivity index (χ0n) is 15.5. The van der Waals surface area contributed by atoms with Gasteiger partial charge in [-0.15, -0.1) is 11.3 Å². The van der Waals surface area contributed by atoms with Crippen LogP contribution in [0.4, 0.5) is 5.69 Å². The van der Waals surface area contributed by atoms with Gasteiger partial charge in [-0.25, -0.2) is 13.4 Å². The molecule has 29 heavy (non-hydrogen) atoms. The number of imidazole rings is 1. The molecule has 9 heteroatoms. The molecule has 7 nitrogen and oxygen atoms in total. The first kappa shape index (κ1) is 19.2. The minimum Gasteiger partial charge on any atom is -0.351 e. The molecule has 0 saturated carbocycles. The Kier molecular flexibility index (Phi) is 5.08. The van der Waals surface area contributed by atoms with E-state index in [1.54, 1.807) is 24.3 Å². The average Bonchev–Trinajstić information content (AvgIpc) is 3.33. The molecule has 3 aromatic heterocycles. The van der Waals surface area contributed by atoms with Gasteiger partial charge in [-0.05, 0) is 36.4 Å². The maximum Gasteiger partial charge on any atom is 0.271 e. The number of nitrogens with one attached hydrogen (secondary N) is 2. The molecular formula is C20H18N4O3S2. The van der Waals surface area contributed by atoms with Crippen molar-refractivity contribution in [2.75, 3.05) is 4.72 Å². The maximum atomic E-state index is 12.7. The van der Waals surface area contributed by atoms with E-state index in [2.05, 4.69) is 15.0 Å². The Bertz CT molecular complexity index is 1260. The summed E-state index contributed by atoms with van der Waals surface area (Å²) in [5.41, 5.74) is 2.84. The van der Waals surface area contributed by atoms with Crippen molar-refractivity contribution in [3.8, 4) is 11.3 Å². The van der Waals surface area contributed by atoms with Crippen molar-refractivity contribution in [3.05, 3.63) is 71.9 Å². The minimum absolute atomic E-state index is 0.162. The molecule has 148 valence electrons. The SMILES string of the molecule is CC(=O)NCc1ccc(S(=O)(=O)Nc2cccc(-c3cn4ccccc4n3)c2)s1. The van der Waals surface area contributed by atoms with Crippen LogP contribution in [0.3, 0.4) is 0 Å². The number of sulfonamides is 1. The lowest BCUT2D eigenvalue weighted by Gasteiger charge is -2.07. The standard InChI is InChI=1S/C20H18N4O3S2/c1-14(25)21-12-17-8-9-20(28-17)29(26,27)23-16-6-4-5-15(11-16)18-13-24-10-3-2-7-19(24)22-18/h2-11,13,23H,12H2,1H3,(H,21,25). The second-order valence-corrected chi connectivity index (χ2v) is 9.49. The van der Waals surface area contributed by atoms with Crippen LogP contribution in [0.25, 0.3) is 16.9 Å².